The standard InChI is InChI=1S/C5H12S.K/c1-5(2)3-4-6;/h5-6H,3-4H2,1-2H3;/q;+1/p-1. The molecule has 0 aromatic heterocycles. The molecule has 0 bridgehead atoms. The maximum absolute atomic E-state index is 4.73. The minimum absolute atomic E-state index is 0. The van der Waals surface area contributed by atoms with Crippen molar-refractivity contribution in [1.82, 2.24) is 0 Å². The third-order valence-electron chi connectivity index (χ3n) is 0.695. The Balaban J connectivity index is 0. The molecule has 0 saturated heterocycles. The third-order valence-corrected chi connectivity index (χ3v) is 0.931. The van der Waals surface area contributed by atoms with Crippen molar-refractivity contribution in [2.45, 2.75) is 20.3 Å². The molecule has 0 heterocycles. The first-order valence-electron chi connectivity index (χ1n) is 2.35. The smallest absolute Gasteiger partial charge is 0.793 e. The van der Waals surface area contributed by atoms with E-state index in [-0.39, 0.29) is 51.4 Å². The van der Waals surface area contributed by atoms with Crippen molar-refractivity contribution in [2.75, 3.05) is 5.75 Å². The van der Waals surface area contributed by atoms with E-state index in [0.717, 1.165) is 11.7 Å². The van der Waals surface area contributed by atoms with Crippen LogP contribution in [0.25, 0.3) is 0 Å². The number of hydrogen-bond acceptors (Lipinski definition) is 1. The fourth-order valence-corrected chi connectivity index (χ4v) is 0.707. The Bertz CT molecular complexity index is 29.3. The maximum Gasteiger partial charge on any atom is 1.00 e. The van der Waals surface area contributed by atoms with Gasteiger partial charge in [-0.05, 0) is 5.92 Å². The van der Waals surface area contributed by atoms with E-state index in [0.29, 0.717) is 0 Å². The Hall–Kier alpha value is 1.99. The van der Waals surface area contributed by atoms with Gasteiger partial charge in [0.1, 0.15) is 0 Å². The molecule has 0 rings (SSSR count). The van der Waals surface area contributed by atoms with Gasteiger partial charge in [-0.2, -0.15) is 5.75 Å². The molecule has 7 heavy (non-hydrogen) atoms. The van der Waals surface area contributed by atoms with E-state index in [1.54, 1.807) is 0 Å². The molecule has 0 fully saturated rings. The van der Waals surface area contributed by atoms with Gasteiger partial charge in [0.05, 0.1) is 0 Å². The van der Waals surface area contributed by atoms with Gasteiger partial charge in [0, 0.05) is 0 Å². The average molecular weight is 142 g/mol. The predicted molar refractivity (Wildman–Crippen MR) is 31.7 cm³/mol. The van der Waals surface area contributed by atoms with Crippen molar-refractivity contribution in [2.24, 2.45) is 5.92 Å². The average Bonchev–Trinajstić information content (AvgIpc) is 1.35. The van der Waals surface area contributed by atoms with E-state index in [4.69, 9.17) is 12.6 Å². The van der Waals surface area contributed by atoms with Gasteiger partial charge in [0.15, 0.2) is 0 Å². The molecule has 0 aromatic carbocycles. The monoisotopic (exact) mass is 142 g/mol. The largest absolute Gasteiger partial charge is 1.00 e. The molecule has 0 amide bonds. The molecule has 2 heteroatoms. The summed E-state index contributed by atoms with van der Waals surface area (Å²) in [5.41, 5.74) is 0. The van der Waals surface area contributed by atoms with Crippen LogP contribution in [0.2, 0.25) is 0 Å². The summed E-state index contributed by atoms with van der Waals surface area (Å²) in [5.74, 6) is 1.71. The molecular formula is C5H11KS. The molecule has 0 atom stereocenters. The predicted octanol–water partition coefficient (Wildman–Crippen LogP) is -1.42. The molecular weight excluding hydrogens is 131 g/mol. The van der Waals surface area contributed by atoms with Crippen LogP contribution in [0.15, 0.2) is 0 Å². The van der Waals surface area contributed by atoms with Crippen molar-refractivity contribution in [1.29, 1.82) is 0 Å². The summed E-state index contributed by atoms with van der Waals surface area (Å²) in [7, 11) is 0. The summed E-state index contributed by atoms with van der Waals surface area (Å²) < 4.78 is 0. The summed E-state index contributed by atoms with van der Waals surface area (Å²) >= 11 is 4.73. The molecule has 0 N–H and O–H groups in total. The van der Waals surface area contributed by atoms with Crippen molar-refractivity contribution in [3.05, 3.63) is 0 Å². The molecule has 0 aliphatic heterocycles. The summed E-state index contributed by atoms with van der Waals surface area (Å²) in [5, 5.41) is 0. The first-order chi connectivity index (χ1) is 2.77. The summed E-state index contributed by atoms with van der Waals surface area (Å²) in [6.07, 6.45) is 1.19. The van der Waals surface area contributed by atoms with Gasteiger partial charge in [0.2, 0.25) is 0 Å². The van der Waals surface area contributed by atoms with Crippen LogP contribution >= 0.6 is 0 Å². The van der Waals surface area contributed by atoms with Crippen LogP contribution in [0.3, 0.4) is 0 Å². The minimum atomic E-state index is 0. The number of rotatable bonds is 2. The summed E-state index contributed by atoms with van der Waals surface area (Å²) in [6.45, 7) is 4.37. The van der Waals surface area contributed by atoms with E-state index in [1.807, 2.05) is 0 Å². The Labute approximate surface area is 94.3 Å². The molecule has 0 aliphatic rings. The first kappa shape index (κ1) is 11.7. The van der Waals surface area contributed by atoms with Crippen LogP contribution in [0, 0.1) is 5.92 Å². The molecule has 38 valence electrons. The second-order valence-corrected chi connectivity index (χ2v) is 2.29. The van der Waals surface area contributed by atoms with Crippen LogP contribution in [-0.2, 0) is 12.6 Å². The van der Waals surface area contributed by atoms with Crippen molar-refractivity contribution >= 4 is 12.6 Å². The van der Waals surface area contributed by atoms with Gasteiger partial charge >= 0.3 is 51.4 Å². The Morgan fingerprint density at radius 1 is 1.43 bits per heavy atom. The molecule has 0 aromatic rings. The quantitative estimate of drug-likeness (QED) is 0.337. The van der Waals surface area contributed by atoms with E-state index in [2.05, 4.69) is 13.8 Å². The normalized spacial score (nSPS) is 8.57. The van der Waals surface area contributed by atoms with Crippen molar-refractivity contribution in [3.63, 3.8) is 0 Å². The Morgan fingerprint density at radius 3 is 1.86 bits per heavy atom. The van der Waals surface area contributed by atoms with Crippen molar-refractivity contribution < 1.29 is 51.4 Å². The molecule has 0 saturated carbocycles. The maximum atomic E-state index is 4.73. The molecule has 0 aliphatic carbocycles. The van der Waals surface area contributed by atoms with Crippen molar-refractivity contribution in [3.8, 4) is 0 Å². The number of hydrogen-bond donors (Lipinski definition) is 0. The van der Waals surface area contributed by atoms with Crippen LogP contribution < -0.4 is 51.4 Å². The van der Waals surface area contributed by atoms with Gasteiger partial charge in [-0.25, -0.2) is 0 Å². The van der Waals surface area contributed by atoms with Crippen LogP contribution in [-0.4, -0.2) is 5.75 Å². The molecule has 0 nitrogen and oxygen atoms in total. The zero-order valence-corrected chi connectivity index (χ0v) is 9.34. The van der Waals surface area contributed by atoms with Crippen LogP contribution in [0.4, 0.5) is 0 Å². The second-order valence-electron chi connectivity index (χ2n) is 1.89. The Kier molecular flexibility index (Phi) is 13.4. The third kappa shape index (κ3) is 11.5. The molecule has 0 radical (unpaired) electrons. The van der Waals surface area contributed by atoms with E-state index in [9.17, 15) is 0 Å². The summed E-state index contributed by atoms with van der Waals surface area (Å²) in [6, 6.07) is 0. The van der Waals surface area contributed by atoms with Gasteiger partial charge < -0.3 is 12.6 Å². The van der Waals surface area contributed by atoms with Gasteiger partial charge in [-0.15, -0.1) is 0 Å². The van der Waals surface area contributed by atoms with E-state index in [1.165, 1.54) is 6.42 Å². The Morgan fingerprint density at radius 2 is 1.86 bits per heavy atom. The molecule has 0 unspecified atom stereocenters. The first-order valence-corrected chi connectivity index (χ1v) is 2.93. The molecule has 0 spiro atoms. The SMILES string of the molecule is CC(C)CC[S-].[K+]. The zero-order chi connectivity index (χ0) is 4.99. The van der Waals surface area contributed by atoms with E-state index >= 15 is 0 Å². The van der Waals surface area contributed by atoms with Gasteiger partial charge in [-0.1, -0.05) is 20.3 Å². The van der Waals surface area contributed by atoms with Crippen LogP contribution in [0.1, 0.15) is 20.3 Å². The fraction of sp³-hybridized carbons (Fsp3) is 1.00. The fourth-order valence-electron chi connectivity index (χ4n) is 0.236. The topological polar surface area (TPSA) is 0 Å². The van der Waals surface area contributed by atoms with Gasteiger partial charge in [-0.3, -0.25) is 0 Å². The van der Waals surface area contributed by atoms with E-state index < -0.39 is 0 Å². The van der Waals surface area contributed by atoms with Gasteiger partial charge in [0.25, 0.3) is 0 Å². The second kappa shape index (κ2) is 7.99. The summed E-state index contributed by atoms with van der Waals surface area (Å²) in [4.78, 5) is 0. The minimum Gasteiger partial charge on any atom is -0.793 e. The van der Waals surface area contributed by atoms with Crippen LogP contribution in [0.5, 0.6) is 0 Å². The zero-order valence-electron chi connectivity index (χ0n) is 5.40.